The Bertz CT molecular complexity index is 574. The fourth-order valence-electron chi connectivity index (χ4n) is 2.00. The molecule has 0 aliphatic heterocycles. The third-order valence-corrected chi connectivity index (χ3v) is 3.90. The number of hydrogen-bond donors (Lipinski definition) is 3. The number of nitrogens with one attached hydrogen (secondary N) is 2. The molecule has 1 aromatic carbocycles. The van der Waals surface area contributed by atoms with Gasteiger partial charge in [-0.05, 0) is 50.3 Å². The van der Waals surface area contributed by atoms with E-state index in [4.69, 9.17) is 5.73 Å². The van der Waals surface area contributed by atoms with Gasteiger partial charge in [-0.15, -0.1) is 0 Å². The lowest BCUT2D eigenvalue weighted by Gasteiger charge is -2.13. The van der Waals surface area contributed by atoms with E-state index < -0.39 is 5.54 Å². The minimum atomic E-state index is -0.710. The highest BCUT2D eigenvalue weighted by molar-refractivity contribution is 6.02. The van der Waals surface area contributed by atoms with E-state index in [1.54, 1.807) is 12.1 Å². The van der Waals surface area contributed by atoms with Crippen LogP contribution in [0.25, 0.3) is 0 Å². The first-order valence-electron chi connectivity index (χ1n) is 7.00. The van der Waals surface area contributed by atoms with Gasteiger partial charge in [0.05, 0.1) is 5.54 Å². The van der Waals surface area contributed by atoms with Crippen LogP contribution in [0.3, 0.4) is 0 Å². The lowest BCUT2D eigenvalue weighted by Crippen LogP contribution is -2.38. The van der Waals surface area contributed by atoms with Crippen LogP contribution in [0.5, 0.6) is 0 Å². The molecule has 2 aliphatic rings. The van der Waals surface area contributed by atoms with Crippen LogP contribution in [0.1, 0.15) is 41.6 Å². The van der Waals surface area contributed by atoms with Crippen LogP contribution in [-0.2, 0) is 4.79 Å². The predicted octanol–water partition coefficient (Wildman–Crippen LogP) is 1.32. The smallest absolute Gasteiger partial charge is 0.251 e. The average molecular weight is 273 g/mol. The minimum Gasteiger partial charge on any atom is -0.349 e. The lowest BCUT2D eigenvalue weighted by atomic mass is 10.1. The van der Waals surface area contributed by atoms with Crippen molar-refractivity contribution in [1.29, 1.82) is 0 Å². The van der Waals surface area contributed by atoms with Crippen LogP contribution in [0.15, 0.2) is 18.2 Å². The monoisotopic (exact) mass is 273 g/mol. The first-order valence-corrected chi connectivity index (χ1v) is 7.00. The van der Waals surface area contributed by atoms with Crippen LogP contribution >= 0.6 is 0 Å². The van der Waals surface area contributed by atoms with Crippen molar-refractivity contribution >= 4 is 17.5 Å². The number of amides is 2. The first-order chi connectivity index (χ1) is 9.48. The van der Waals surface area contributed by atoms with Gasteiger partial charge in [0.2, 0.25) is 5.91 Å². The molecular weight excluding hydrogens is 254 g/mol. The predicted molar refractivity (Wildman–Crippen MR) is 76.4 cm³/mol. The lowest BCUT2D eigenvalue weighted by molar-refractivity contribution is -0.118. The topological polar surface area (TPSA) is 84.2 Å². The molecule has 0 unspecified atom stereocenters. The summed E-state index contributed by atoms with van der Waals surface area (Å²) in [5.74, 6) is -0.253. The second-order valence-corrected chi connectivity index (χ2v) is 5.89. The molecule has 0 spiro atoms. The maximum absolute atomic E-state index is 12.0. The molecule has 5 nitrogen and oxygen atoms in total. The number of benzene rings is 1. The zero-order valence-corrected chi connectivity index (χ0v) is 11.5. The molecule has 0 saturated heterocycles. The molecule has 0 aromatic heterocycles. The van der Waals surface area contributed by atoms with E-state index in [9.17, 15) is 9.59 Å². The van der Waals surface area contributed by atoms with E-state index in [1.807, 2.05) is 13.0 Å². The van der Waals surface area contributed by atoms with Crippen molar-refractivity contribution in [2.75, 3.05) is 5.32 Å². The van der Waals surface area contributed by atoms with E-state index in [1.165, 1.54) is 0 Å². The number of hydrogen-bond acceptors (Lipinski definition) is 3. The molecule has 5 heteroatoms. The number of carbonyl (C=O) groups is 2. The fraction of sp³-hybridized carbons (Fsp3) is 0.467. The standard InChI is InChI=1S/C15H19N3O2/c1-9-2-3-10(13(19)17-11-4-5-11)8-12(9)18-14(20)15(16)6-7-15/h2-3,8,11H,4-7,16H2,1H3,(H,17,19)(H,18,20). The van der Waals surface area contributed by atoms with Crippen molar-refractivity contribution in [3.63, 3.8) is 0 Å². The molecular formula is C15H19N3O2. The van der Waals surface area contributed by atoms with Crippen molar-refractivity contribution in [3.8, 4) is 0 Å². The molecule has 2 aliphatic carbocycles. The first kappa shape index (κ1) is 13.1. The number of carbonyl (C=O) groups excluding carboxylic acids is 2. The summed E-state index contributed by atoms with van der Waals surface area (Å²) in [5.41, 5.74) is 7.31. The van der Waals surface area contributed by atoms with Crippen LogP contribution < -0.4 is 16.4 Å². The zero-order valence-electron chi connectivity index (χ0n) is 11.5. The Hall–Kier alpha value is -1.88. The second kappa shape index (κ2) is 4.59. The summed E-state index contributed by atoms with van der Waals surface area (Å²) in [6, 6.07) is 5.66. The summed E-state index contributed by atoms with van der Waals surface area (Å²) in [6.07, 6.45) is 3.55. The van der Waals surface area contributed by atoms with Gasteiger partial charge in [-0.1, -0.05) is 6.07 Å². The molecule has 2 saturated carbocycles. The number of rotatable bonds is 4. The summed E-state index contributed by atoms with van der Waals surface area (Å²) >= 11 is 0. The van der Waals surface area contributed by atoms with Gasteiger partial charge in [0.1, 0.15) is 0 Å². The summed E-state index contributed by atoms with van der Waals surface area (Å²) in [4.78, 5) is 24.0. The Kier molecular flexibility index (Phi) is 3.01. The average Bonchev–Trinajstić information content (AvgIpc) is 3.31. The maximum Gasteiger partial charge on any atom is 0.251 e. The molecule has 0 atom stereocenters. The van der Waals surface area contributed by atoms with Gasteiger partial charge in [0.25, 0.3) is 5.91 Å². The quantitative estimate of drug-likeness (QED) is 0.773. The molecule has 2 fully saturated rings. The SMILES string of the molecule is Cc1ccc(C(=O)NC2CC2)cc1NC(=O)C1(N)CC1. The van der Waals surface area contributed by atoms with E-state index in [0.717, 1.165) is 31.2 Å². The molecule has 3 rings (SSSR count). The number of aryl methyl sites for hydroxylation is 1. The van der Waals surface area contributed by atoms with E-state index in [0.29, 0.717) is 17.3 Å². The largest absolute Gasteiger partial charge is 0.349 e. The Morgan fingerprint density at radius 3 is 2.60 bits per heavy atom. The minimum absolute atomic E-state index is 0.0862. The fourth-order valence-corrected chi connectivity index (χ4v) is 2.00. The van der Waals surface area contributed by atoms with Gasteiger partial charge in [-0.2, -0.15) is 0 Å². The molecule has 0 radical (unpaired) electrons. The van der Waals surface area contributed by atoms with Crippen molar-refractivity contribution in [2.24, 2.45) is 5.73 Å². The molecule has 2 amide bonds. The normalized spacial score (nSPS) is 19.3. The van der Waals surface area contributed by atoms with Gasteiger partial charge in [0, 0.05) is 17.3 Å². The van der Waals surface area contributed by atoms with Gasteiger partial charge in [0.15, 0.2) is 0 Å². The summed E-state index contributed by atoms with van der Waals surface area (Å²) in [5, 5.41) is 5.77. The van der Waals surface area contributed by atoms with Gasteiger partial charge in [-0.3, -0.25) is 9.59 Å². The van der Waals surface area contributed by atoms with Gasteiger partial charge in [-0.25, -0.2) is 0 Å². The highest BCUT2D eigenvalue weighted by atomic mass is 16.2. The Morgan fingerprint density at radius 1 is 1.30 bits per heavy atom. The van der Waals surface area contributed by atoms with Crippen LogP contribution in [0.4, 0.5) is 5.69 Å². The molecule has 4 N–H and O–H groups in total. The van der Waals surface area contributed by atoms with Gasteiger partial charge >= 0.3 is 0 Å². The Balaban J connectivity index is 1.75. The van der Waals surface area contributed by atoms with E-state index >= 15 is 0 Å². The molecule has 0 bridgehead atoms. The van der Waals surface area contributed by atoms with Crippen LogP contribution in [0.2, 0.25) is 0 Å². The molecule has 106 valence electrons. The number of anilines is 1. The summed E-state index contributed by atoms with van der Waals surface area (Å²) < 4.78 is 0. The van der Waals surface area contributed by atoms with Crippen LogP contribution in [0, 0.1) is 6.92 Å². The van der Waals surface area contributed by atoms with Crippen molar-refractivity contribution in [2.45, 2.75) is 44.2 Å². The maximum atomic E-state index is 12.0. The highest BCUT2D eigenvalue weighted by Crippen LogP contribution is 2.33. The van der Waals surface area contributed by atoms with E-state index in [-0.39, 0.29) is 11.8 Å². The molecule has 1 aromatic rings. The second-order valence-electron chi connectivity index (χ2n) is 5.89. The molecule has 20 heavy (non-hydrogen) atoms. The number of nitrogens with two attached hydrogens (primary N) is 1. The van der Waals surface area contributed by atoms with Gasteiger partial charge < -0.3 is 16.4 Å². The van der Waals surface area contributed by atoms with Crippen molar-refractivity contribution in [1.82, 2.24) is 5.32 Å². The van der Waals surface area contributed by atoms with Crippen LogP contribution in [-0.4, -0.2) is 23.4 Å². The zero-order chi connectivity index (χ0) is 14.3. The van der Waals surface area contributed by atoms with E-state index in [2.05, 4.69) is 10.6 Å². The van der Waals surface area contributed by atoms with Crippen molar-refractivity contribution in [3.05, 3.63) is 29.3 Å². The Labute approximate surface area is 117 Å². The third kappa shape index (κ3) is 2.67. The summed E-state index contributed by atoms with van der Waals surface area (Å²) in [6.45, 7) is 1.90. The summed E-state index contributed by atoms with van der Waals surface area (Å²) in [7, 11) is 0. The Morgan fingerprint density at radius 2 is 2.00 bits per heavy atom. The molecule has 0 heterocycles. The van der Waals surface area contributed by atoms with Crippen molar-refractivity contribution < 1.29 is 9.59 Å². The third-order valence-electron chi connectivity index (χ3n) is 3.90. The highest BCUT2D eigenvalue weighted by Gasteiger charge is 2.46.